The lowest BCUT2D eigenvalue weighted by Gasteiger charge is -2.07. The van der Waals surface area contributed by atoms with Gasteiger partial charge in [-0.05, 0) is 56.1 Å². The second-order valence-corrected chi connectivity index (χ2v) is 5.07. The molecule has 90 valence electrons. The first-order valence-corrected chi connectivity index (χ1v) is 6.37. The minimum Gasteiger partial charge on any atom is -0.435 e. The van der Waals surface area contributed by atoms with E-state index in [9.17, 15) is 4.39 Å². The zero-order chi connectivity index (χ0) is 13.1. The number of rotatable bonds is 2. The van der Waals surface area contributed by atoms with Gasteiger partial charge in [0.25, 0.3) is 0 Å². The fourth-order valence-corrected chi connectivity index (χ4v) is 2.30. The van der Waals surface area contributed by atoms with Gasteiger partial charge in [-0.2, -0.15) is 5.26 Å². The average Bonchev–Trinajstić information content (AvgIpc) is 2.34. The zero-order valence-electron chi connectivity index (χ0n) is 8.82. The van der Waals surface area contributed by atoms with Gasteiger partial charge in [0.15, 0.2) is 11.6 Å². The van der Waals surface area contributed by atoms with Gasteiger partial charge in [0.1, 0.15) is 0 Å². The minimum absolute atomic E-state index is 0.0181. The molecule has 2 rings (SSSR count). The van der Waals surface area contributed by atoms with Crippen LogP contribution in [-0.4, -0.2) is 4.98 Å². The van der Waals surface area contributed by atoms with Crippen molar-refractivity contribution in [2.45, 2.75) is 0 Å². The standard InChI is InChI=1S/C12H5Br2FN2O/c13-8-4-9(14)12(17-6-8)18-11-2-1-7(5-16)3-10(11)15/h1-4,6H. The number of nitrogens with zero attached hydrogens (tertiary/aromatic N) is 2. The molecule has 0 atom stereocenters. The van der Waals surface area contributed by atoms with Gasteiger partial charge in [0.05, 0.1) is 16.1 Å². The Morgan fingerprint density at radius 1 is 1.28 bits per heavy atom. The summed E-state index contributed by atoms with van der Waals surface area (Å²) in [7, 11) is 0. The van der Waals surface area contributed by atoms with Crippen molar-refractivity contribution < 1.29 is 9.13 Å². The molecular formula is C12H5Br2FN2O. The van der Waals surface area contributed by atoms with Crippen LogP contribution in [0.3, 0.4) is 0 Å². The third kappa shape index (κ3) is 2.86. The van der Waals surface area contributed by atoms with E-state index in [1.807, 2.05) is 6.07 Å². The van der Waals surface area contributed by atoms with E-state index < -0.39 is 5.82 Å². The van der Waals surface area contributed by atoms with E-state index in [1.165, 1.54) is 12.1 Å². The lowest BCUT2D eigenvalue weighted by molar-refractivity contribution is 0.424. The summed E-state index contributed by atoms with van der Waals surface area (Å²) in [6.45, 7) is 0. The van der Waals surface area contributed by atoms with E-state index >= 15 is 0 Å². The van der Waals surface area contributed by atoms with Crippen LogP contribution in [0.4, 0.5) is 4.39 Å². The quantitative estimate of drug-likeness (QED) is 0.785. The largest absolute Gasteiger partial charge is 0.435 e. The first-order valence-electron chi connectivity index (χ1n) is 4.78. The van der Waals surface area contributed by atoms with Gasteiger partial charge in [-0.1, -0.05) is 0 Å². The molecular weight excluding hydrogens is 367 g/mol. The van der Waals surface area contributed by atoms with Gasteiger partial charge in [0.2, 0.25) is 5.88 Å². The van der Waals surface area contributed by atoms with Crippen molar-refractivity contribution in [1.29, 1.82) is 5.26 Å². The third-order valence-corrected chi connectivity index (χ3v) is 3.04. The molecule has 0 unspecified atom stereocenters. The van der Waals surface area contributed by atoms with Gasteiger partial charge in [-0.3, -0.25) is 0 Å². The fraction of sp³-hybridized carbons (Fsp3) is 0. The maximum Gasteiger partial charge on any atom is 0.233 e. The summed E-state index contributed by atoms with van der Waals surface area (Å²) in [5.74, 6) is -0.336. The van der Waals surface area contributed by atoms with Gasteiger partial charge >= 0.3 is 0 Å². The molecule has 0 saturated heterocycles. The summed E-state index contributed by atoms with van der Waals surface area (Å²) in [6, 6.07) is 7.57. The van der Waals surface area contributed by atoms with E-state index in [-0.39, 0.29) is 17.2 Å². The summed E-state index contributed by atoms with van der Waals surface area (Å²) in [5, 5.41) is 8.63. The summed E-state index contributed by atoms with van der Waals surface area (Å²) in [4.78, 5) is 4.01. The molecule has 1 aromatic carbocycles. The van der Waals surface area contributed by atoms with Crippen LogP contribution in [0.15, 0.2) is 39.4 Å². The Bertz CT molecular complexity index is 640. The second-order valence-electron chi connectivity index (χ2n) is 3.30. The molecule has 0 amide bonds. The molecule has 1 heterocycles. The molecule has 0 N–H and O–H groups in total. The molecule has 0 spiro atoms. The van der Waals surface area contributed by atoms with Gasteiger partial charge in [0, 0.05) is 10.7 Å². The number of hydrogen-bond donors (Lipinski definition) is 0. The van der Waals surface area contributed by atoms with Crippen molar-refractivity contribution >= 4 is 31.9 Å². The highest BCUT2D eigenvalue weighted by atomic mass is 79.9. The highest BCUT2D eigenvalue weighted by molar-refractivity contribution is 9.11. The van der Waals surface area contributed by atoms with Crippen molar-refractivity contribution in [2.24, 2.45) is 0 Å². The maximum atomic E-state index is 13.6. The van der Waals surface area contributed by atoms with Crippen LogP contribution in [0.1, 0.15) is 5.56 Å². The smallest absolute Gasteiger partial charge is 0.233 e. The van der Waals surface area contributed by atoms with Crippen LogP contribution < -0.4 is 4.74 Å². The molecule has 0 bridgehead atoms. The van der Waals surface area contributed by atoms with E-state index in [1.54, 1.807) is 12.3 Å². The van der Waals surface area contributed by atoms with Crippen molar-refractivity contribution in [3.63, 3.8) is 0 Å². The van der Waals surface area contributed by atoms with Gasteiger partial charge < -0.3 is 4.74 Å². The Labute approximate surface area is 119 Å². The summed E-state index contributed by atoms with van der Waals surface area (Å²) in [5.41, 5.74) is 0.239. The van der Waals surface area contributed by atoms with Crippen LogP contribution in [0.5, 0.6) is 11.6 Å². The van der Waals surface area contributed by atoms with Crippen LogP contribution in [0.2, 0.25) is 0 Å². The molecule has 1 aromatic heterocycles. The fourth-order valence-electron chi connectivity index (χ4n) is 1.23. The number of nitriles is 1. The Hall–Kier alpha value is -1.45. The summed E-state index contributed by atoms with van der Waals surface area (Å²) >= 11 is 6.52. The molecule has 0 aliphatic heterocycles. The predicted molar refractivity (Wildman–Crippen MR) is 70.8 cm³/mol. The first-order chi connectivity index (χ1) is 8.60. The van der Waals surface area contributed by atoms with Crippen LogP contribution >= 0.6 is 31.9 Å². The average molecular weight is 372 g/mol. The Balaban J connectivity index is 2.32. The Morgan fingerprint density at radius 2 is 2.06 bits per heavy atom. The van der Waals surface area contributed by atoms with E-state index in [4.69, 9.17) is 10.00 Å². The minimum atomic E-state index is -0.606. The lowest BCUT2D eigenvalue weighted by atomic mass is 10.2. The molecule has 18 heavy (non-hydrogen) atoms. The Kier molecular flexibility index (Phi) is 3.94. The van der Waals surface area contributed by atoms with Crippen molar-refractivity contribution in [3.05, 3.63) is 50.8 Å². The molecule has 0 fully saturated rings. The van der Waals surface area contributed by atoms with Gasteiger partial charge in [-0.15, -0.1) is 0 Å². The number of ether oxygens (including phenoxy) is 1. The number of benzene rings is 1. The third-order valence-electron chi connectivity index (χ3n) is 2.04. The summed E-state index contributed by atoms with van der Waals surface area (Å²) in [6.07, 6.45) is 1.54. The van der Waals surface area contributed by atoms with Crippen LogP contribution in [0, 0.1) is 17.1 Å². The highest BCUT2D eigenvalue weighted by Gasteiger charge is 2.09. The van der Waals surface area contributed by atoms with E-state index in [0.717, 1.165) is 10.5 Å². The molecule has 6 heteroatoms. The molecule has 0 saturated carbocycles. The van der Waals surface area contributed by atoms with Crippen LogP contribution in [0.25, 0.3) is 0 Å². The number of aromatic nitrogens is 1. The maximum absolute atomic E-state index is 13.6. The zero-order valence-corrected chi connectivity index (χ0v) is 12.0. The summed E-state index contributed by atoms with van der Waals surface area (Å²) < 4.78 is 20.3. The second kappa shape index (κ2) is 5.46. The topological polar surface area (TPSA) is 45.9 Å². The monoisotopic (exact) mass is 370 g/mol. The molecule has 3 nitrogen and oxygen atoms in total. The number of halogens is 3. The van der Waals surface area contributed by atoms with Gasteiger partial charge in [-0.25, -0.2) is 9.37 Å². The Morgan fingerprint density at radius 3 is 2.67 bits per heavy atom. The van der Waals surface area contributed by atoms with Crippen molar-refractivity contribution in [2.75, 3.05) is 0 Å². The molecule has 0 aliphatic rings. The molecule has 0 radical (unpaired) electrons. The SMILES string of the molecule is N#Cc1ccc(Oc2ncc(Br)cc2Br)c(F)c1. The number of hydrogen-bond acceptors (Lipinski definition) is 3. The lowest BCUT2D eigenvalue weighted by Crippen LogP contribution is -1.92. The normalized spacial score (nSPS) is 9.89. The molecule has 2 aromatic rings. The number of pyridine rings is 1. The van der Waals surface area contributed by atoms with E-state index in [2.05, 4.69) is 36.8 Å². The van der Waals surface area contributed by atoms with Crippen LogP contribution in [-0.2, 0) is 0 Å². The molecule has 0 aliphatic carbocycles. The van der Waals surface area contributed by atoms with Crippen molar-refractivity contribution in [1.82, 2.24) is 4.98 Å². The van der Waals surface area contributed by atoms with Crippen molar-refractivity contribution in [3.8, 4) is 17.7 Å². The predicted octanol–water partition coefficient (Wildman–Crippen LogP) is 4.41. The highest BCUT2D eigenvalue weighted by Crippen LogP contribution is 2.30. The first kappa shape index (κ1) is 13.0. The van der Waals surface area contributed by atoms with E-state index in [0.29, 0.717) is 4.47 Å².